The zero-order chi connectivity index (χ0) is 64.4. The number of benzene rings is 8. The lowest BCUT2D eigenvalue weighted by Gasteiger charge is -2.27. The first-order valence-corrected chi connectivity index (χ1v) is 31.7. The minimum absolute atomic E-state index is 0.0334. The number of pyridine rings is 2. The van der Waals surface area contributed by atoms with Crippen molar-refractivity contribution in [3.8, 4) is 21.1 Å². The van der Waals surface area contributed by atoms with E-state index in [0.29, 0.717) is 22.3 Å². The lowest BCUT2D eigenvalue weighted by molar-refractivity contribution is 0.0919. The summed E-state index contributed by atoms with van der Waals surface area (Å²) in [7, 11) is 8.00. The maximum Gasteiger partial charge on any atom is 0.197 e. The SMILES string of the molecule is CC1(C)c2cc(N(c3ccccc3)c3ccccc3)cnc2-c2sc(C=C3C(=O)c4cc5ccccc5cc4C3=O)cc21.CC1(C)c2cc(N(c3ccccc3)c3ccccc3)cnc2-c2sc(C=O)cc21.CCO.O=C1CC(=O)c2cc3ccccc3cc21.[B][B]. The molecule has 0 unspecified atom stereocenters. The molecule has 92 heavy (non-hydrogen) atoms. The van der Waals surface area contributed by atoms with Gasteiger partial charge in [0.25, 0.3) is 0 Å². The molecule has 0 amide bonds. The Labute approximate surface area is 545 Å². The first-order valence-electron chi connectivity index (χ1n) is 30.1. The normalized spacial score (nSPS) is 13.7. The van der Waals surface area contributed by atoms with Crippen molar-refractivity contribution in [1.82, 2.24) is 9.97 Å². The Kier molecular flexibility index (Phi) is 17.5. The molecule has 0 bridgehead atoms. The van der Waals surface area contributed by atoms with E-state index in [4.69, 9.17) is 15.1 Å². The van der Waals surface area contributed by atoms with Crippen molar-refractivity contribution in [2.75, 3.05) is 16.4 Å². The fourth-order valence-corrected chi connectivity index (χ4v) is 14.9. The summed E-state index contributed by atoms with van der Waals surface area (Å²) in [4.78, 5) is 79.2. The van der Waals surface area contributed by atoms with Crippen molar-refractivity contribution >= 4 is 129 Å². The van der Waals surface area contributed by atoms with Gasteiger partial charge in [0.1, 0.15) is 0 Å². The molecule has 4 aromatic heterocycles. The molecule has 16 rings (SSSR count). The van der Waals surface area contributed by atoms with Crippen LogP contribution in [0.3, 0.4) is 0 Å². The number of allylic oxidation sites excluding steroid dienone is 1. The molecular weight excluding hydrogens is 1170 g/mol. The molecule has 0 spiro atoms. The zero-order valence-electron chi connectivity index (χ0n) is 51.3. The molecule has 446 valence electrons. The molecule has 12 aromatic rings. The van der Waals surface area contributed by atoms with E-state index in [1.165, 1.54) is 22.5 Å². The number of Topliss-reactive ketones (excluding diaryl/α,β-unsaturated/α-hetero) is 4. The van der Waals surface area contributed by atoms with Crippen LogP contribution in [-0.4, -0.2) is 66.6 Å². The highest BCUT2D eigenvalue weighted by molar-refractivity contribution is 7.17. The lowest BCUT2D eigenvalue weighted by Crippen LogP contribution is -2.16. The van der Waals surface area contributed by atoms with Gasteiger partial charge in [0, 0.05) is 82.8 Å². The number of carbonyl (C=O) groups excluding carboxylic acids is 5. The Hall–Kier alpha value is -10.2. The van der Waals surface area contributed by atoms with Gasteiger partial charge in [0.05, 0.1) is 61.8 Å². The second-order valence-corrected chi connectivity index (χ2v) is 25.6. The average molecular weight is 1240 g/mol. The molecule has 0 saturated carbocycles. The van der Waals surface area contributed by atoms with Gasteiger partial charge in [-0.25, -0.2) is 0 Å². The van der Waals surface area contributed by atoms with Gasteiger partial charge in [0.2, 0.25) is 0 Å². The number of hydrogen-bond donors (Lipinski definition) is 1. The quantitative estimate of drug-likeness (QED) is 0.0514. The predicted molar refractivity (Wildman–Crippen MR) is 376 cm³/mol. The van der Waals surface area contributed by atoms with Crippen molar-refractivity contribution < 1.29 is 29.1 Å². The maximum atomic E-state index is 13.4. The molecule has 4 aliphatic rings. The maximum absolute atomic E-state index is 13.4. The number of aromatic nitrogens is 2. The summed E-state index contributed by atoms with van der Waals surface area (Å²) < 4.78 is 0. The first-order chi connectivity index (χ1) is 44.7. The van der Waals surface area contributed by atoms with Crippen LogP contribution in [0.4, 0.5) is 34.1 Å². The number of aliphatic hydroxyl groups is 1. The number of nitrogens with zero attached hydrogens (tertiary/aromatic N) is 4. The van der Waals surface area contributed by atoms with Crippen LogP contribution in [-0.2, 0) is 10.8 Å². The smallest absolute Gasteiger partial charge is 0.197 e. The number of anilines is 6. The summed E-state index contributed by atoms with van der Waals surface area (Å²) in [6, 6.07) is 72.9. The van der Waals surface area contributed by atoms with Gasteiger partial charge in [-0.05, 0) is 154 Å². The standard InChI is InChI=1S/C38H26N2O2S.C25H20N2OS.C13H8O2.C2H6O.B2/c1-38(2)32-19-27(40(25-13-5-3-6-14-25)26-15-7-4-8-16-26)22-39-34(32)37-33(38)21-28(43-37)20-31-35(41)29-17-23-11-9-10-12-24(23)18-30(29)36(31)42;1-25(2)21-13-19(15-26-23(21)24-22(25)14-20(16-28)29-24)27(17-9-5-3-6-10-17)18-11-7-4-8-12-18;14-12-7-13(15)11-6-9-4-2-1-3-8(9)5-10(11)12;1-2-3;1-2/h3-22H,1-2H3;3-16H,1-2H3;1-6H,7H2;3H,2H2,1H3;. The van der Waals surface area contributed by atoms with Crippen LogP contribution in [0, 0.1) is 0 Å². The minimum atomic E-state index is -0.301. The third kappa shape index (κ3) is 11.5. The fraction of sp³-hybridized carbons (Fsp3) is 0.115. The molecule has 0 fully saturated rings. The van der Waals surface area contributed by atoms with Crippen LogP contribution >= 0.6 is 22.7 Å². The molecular formula is C78H60B2N4O6S2. The van der Waals surface area contributed by atoms with Gasteiger partial charge in [0.15, 0.2) is 29.4 Å². The van der Waals surface area contributed by atoms with E-state index in [0.717, 1.165) is 104 Å². The number of fused-ring (bicyclic) bond motifs is 10. The monoisotopic (exact) mass is 1230 g/mol. The van der Waals surface area contributed by atoms with Crippen LogP contribution in [0.15, 0.2) is 236 Å². The van der Waals surface area contributed by atoms with E-state index in [1.54, 1.807) is 24.3 Å². The molecule has 10 nitrogen and oxygen atoms in total. The number of thiophene rings is 2. The fourth-order valence-electron chi connectivity index (χ4n) is 12.5. The van der Waals surface area contributed by atoms with Crippen LogP contribution < -0.4 is 9.80 Å². The topological polar surface area (TPSA) is 138 Å². The molecule has 4 aliphatic carbocycles. The summed E-state index contributed by atoms with van der Waals surface area (Å²) in [5, 5.41) is 11.5. The van der Waals surface area contributed by atoms with E-state index in [1.807, 2.05) is 140 Å². The Morgan fingerprint density at radius 1 is 0.446 bits per heavy atom. The molecule has 4 heterocycles. The van der Waals surface area contributed by atoms with Crippen LogP contribution in [0.1, 0.15) is 119 Å². The van der Waals surface area contributed by atoms with Crippen LogP contribution in [0.2, 0.25) is 0 Å². The van der Waals surface area contributed by atoms with E-state index in [9.17, 15) is 24.0 Å². The van der Waals surface area contributed by atoms with Crippen molar-refractivity contribution in [3.05, 3.63) is 291 Å². The second-order valence-electron chi connectivity index (χ2n) is 23.4. The van der Waals surface area contributed by atoms with E-state index >= 15 is 0 Å². The molecule has 4 radical (unpaired) electrons. The highest BCUT2D eigenvalue weighted by atomic mass is 32.1. The number of aldehydes is 1. The minimum Gasteiger partial charge on any atom is -0.397 e. The highest BCUT2D eigenvalue weighted by Gasteiger charge is 2.41. The average Bonchev–Trinajstić information content (AvgIpc) is 1.57. The third-order valence-electron chi connectivity index (χ3n) is 17.0. The molecule has 0 saturated heterocycles. The van der Waals surface area contributed by atoms with E-state index in [-0.39, 0.29) is 52.6 Å². The molecule has 0 aliphatic heterocycles. The van der Waals surface area contributed by atoms with Gasteiger partial charge in [-0.2, -0.15) is 0 Å². The summed E-state index contributed by atoms with van der Waals surface area (Å²) >= 11 is 3.12. The summed E-state index contributed by atoms with van der Waals surface area (Å²) in [5.41, 5.74) is 14.9. The third-order valence-corrected chi connectivity index (χ3v) is 19.2. The van der Waals surface area contributed by atoms with Gasteiger partial charge < -0.3 is 14.9 Å². The molecule has 1 N–H and O–H groups in total. The number of rotatable bonds is 8. The van der Waals surface area contributed by atoms with Gasteiger partial charge >= 0.3 is 0 Å². The van der Waals surface area contributed by atoms with E-state index in [2.05, 4.69) is 144 Å². The van der Waals surface area contributed by atoms with Crippen molar-refractivity contribution in [2.24, 2.45) is 0 Å². The van der Waals surface area contributed by atoms with E-state index < -0.39 is 0 Å². The van der Waals surface area contributed by atoms with Gasteiger partial charge in [-0.3, -0.25) is 33.9 Å². The first kappa shape index (κ1) is 62.0. The predicted octanol–water partition coefficient (Wildman–Crippen LogP) is 18.1. The lowest BCUT2D eigenvalue weighted by atomic mass is 9.81. The number of para-hydroxylation sites is 4. The largest absolute Gasteiger partial charge is 0.397 e. The second kappa shape index (κ2) is 25.9. The number of ketones is 4. The summed E-state index contributed by atoms with van der Waals surface area (Å²) in [6.45, 7) is 10.8. The molecule has 0 atom stereocenters. The van der Waals surface area contributed by atoms with Crippen LogP contribution in [0.5, 0.6) is 0 Å². The zero-order valence-corrected chi connectivity index (χ0v) is 52.9. The number of aliphatic hydroxyl groups excluding tert-OH is 1. The number of hydrogen-bond acceptors (Lipinski definition) is 12. The van der Waals surface area contributed by atoms with Gasteiger partial charge in [-0.1, -0.05) is 149 Å². The summed E-state index contributed by atoms with van der Waals surface area (Å²) in [5.74, 6) is -0.520. The summed E-state index contributed by atoms with van der Waals surface area (Å²) in [6.07, 6.45) is 6.61. The molecule has 14 heteroatoms. The van der Waals surface area contributed by atoms with Crippen LogP contribution in [0.25, 0.3) is 48.8 Å². The van der Waals surface area contributed by atoms with Crippen molar-refractivity contribution in [1.29, 1.82) is 0 Å². The number of carbonyl (C=O) groups is 5. The highest BCUT2D eigenvalue weighted by Crippen LogP contribution is 2.55. The van der Waals surface area contributed by atoms with Crippen molar-refractivity contribution in [2.45, 2.75) is 51.9 Å². The Bertz CT molecular complexity index is 4680. The Morgan fingerprint density at radius 2 is 0.761 bits per heavy atom. The van der Waals surface area contributed by atoms with Gasteiger partial charge in [-0.15, -0.1) is 22.7 Å². The van der Waals surface area contributed by atoms with Crippen molar-refractivity contribution in [3.63, 3.8) is 0 Å². The Balaban J connectivity index is 0.000000143. The molecule has 8 aromatic carbocycles. The Morgan fingerprint density at radius 3 is 1.11 bits per heavy atom.